The van der Waals surface area contributed by atoms with Crippen LogP contribution in [0.25, 0.3) is 0 Å². The number of aliphatic hydroxyl groups is 1. The Kier molecular flexibility index (Phi) is 5.29. The van der Waals surface area contributed by atoms with Crippen LogP contribution in [0, 0.1) is 17.2 Å². The zero-order valence-electron chi connectivity index (χ0n) is 13.8. The lowest BCUT2D eigenvalue weighted by Crippen LogP contribution is -2.38. The quantitative estimate of drug-likeness (QED) is 0.846. The van der Waals surface area contributed by atoms with Crippen LogP contribution in [0.4, 0.5) is 4.39 Å². The third kappa shape index (κ3) is 3.42. The molecule has 0 amide bonds. The summed E-state index contributed by atoms with van der Waals surface area (Å²) in [4.78, 5) is 0. The van der Waals surface area contributed by atoms with Crippen molar-refractivity contribution in [3.05, 3.63) is 34.6 Å². The molecule has 2 N–H and O–H groups in total. The van der Waals surface area contributed by atoms with Crippen LogP contribution in [0.1, 0.15) is 56.9 Å². The first kappa shape index (κ1) is 17.2. The molecule has 2 aliphatic rings. The molecule has 4 heteroatoms. The first-order valence-electron chi connectivity index (χ1n) is 8.84. The van der Waals surface area contributed by atoms with Crippen LogP contribution in [0.2, 0.25) is 5.02 Å². The van der Waals surface area contributed by atoms with Crippen molar-refractivity contribution in [2.45, 2.75) is 57.4 Å². The van der Waals surface area contributed by atoms with E-state index in [2.05, 4.69) is 12.2 Å². The van der Waals surface area contributed by atoms with E-state index >= 15 is 0 Å². The van der Waals surface area contributed by atoms with Crippen LogP contribution in [-0.4, -0.2) is 24.3 Å². The smallest absolute Gasteiger partial charge is 0.145 e. The molecule has 1 heterocycles. The minimum Gasteiger partial charge on any atom is -0.396 e. The normalized spacial score (nSPS) is 30.5. The topological polar surface area (TPSA) is 32.3 Å². The van der Waals surface area contributed by atoms with Gasteiger partial charge in [0.1, 0.15) is 5.82 Å². The lowest BCUT2D eigenvalue weighted by Gasteiger charge is -2.39. The molecule has 0 aromatic heterocycles. The van der Waals surface area contributed by atoms with Crippen molar-refractivity contribution in [1.82, 2.24) is 5.32 Å². The maximum atomic E-state index is 14.4. The molecule has 3 rings (SSSR count). The molecular formula is C19H27ClFNO. The molecule has 3 unspecified atom stereocenters. The Hall–Kier alpha value is -0.640. The molecule has 1 saturated carbocycles. The highest BCUT2D eigenvalue weighted by Crippen LogP contribution is 2.44. The van der Waals surface area contributed by atoms with Gasteiger partial charge in [-0.3, -0.25) is 0 Å². The SMILES string of the molecule is CC1C(CC2(CO)CCCCC2)NCC1c1cccc(Cl)c1F. The van der Waals surface area contributed by atoms with Gasteiger partial charge >= 0.3 is 0 Å². The molecule has 0 radical (unpaired) electrons. The molecule has 23 heavy (non-hydrogen) atoms. The van der Waals surface area contributed by atoms with Crippen molar-refractivity contribution in [2.24, 2.45) is 11.3 Å². The van der Waals surface area contributed by atoms with Crippen LogP contribution in [0.3, 0.4) is 0 Å². The van der Waals surface area contributed by atoms with Crippen molar-refractivity contribution >= 4 is 11.6 Å². The van der Waals surface area contributed by atoms with Gasteiger partial charge in [-0.1, -0.05) is 49.9 Å². The molecule has 128 valence electrons. The standard InChI is InChI=1S/C19H27ClFNO/c1-13-15(14-6-5-7-16(20)18(14)21)11-22-17(13)10-19(12-23)8-3-2-4-9-19/h5-7,13,15,17,22-23H,2-4,8-12H2,1H3. The van der Waals surface area contributed by atoms with Crippen molar-refractivity contribution < 1.29 is 9.50 Å². The highest BCUT2D eigenvalue weighted by molar-refractivity contribution is 6.30. The lowest BCUT2D eigenvalue weighted by molar-refractivity contribution is 0.0598. The molecule has 1 aromatic carbocycles. The Bertz CT molecular complexity index is 544. The van der Waals surface area contributed by atoms with E-state index in [1.54, 1.807) is 6.07 Å². The third-order valence-electron chi connectivity index (χ3n) is 6.15. The summed E-state index contributed by atoms with van der Waals surface area (Å²) >= 11 is 5.95. The maximum absolute atomic E-state index is 14.4. The summed E-state index contributed by atoms with van der Waals surface area (Å²) in [5.41, 5.74) is 0.785. The molecule has 1 aliphatic carbocycles. The maximum Gasteiger partial charge on any atom is 0.145 e. The van der Waals surface area contributed by atoms with E-state index in [0.717, 1.165) is 31.4 Å². The highest BCUT2D eigenvalue weighted by Gasteiger charge is 2.41. The predicted molar refractivity (Wildman–Crippen MR) is 92.3 cm³/mol. The van der Waals surface area contributed by atoms with E-state index in [1.165, 1.54) is 19.3 Å². The molecular weight excluding hydrogens is 313 g/mol. The van der Waals surface area contributed by atoms with Gasteiger partial charge in [-0.15, -0.1) is 0 Å². The molecule has 1 aromatic rings. The number of halogens is 2. The van der Waals surface area contributed by atoms with Gasteiger partial charge in [0.15, 0.2) is 0 Å². The van der Waals surface area contributed by atoms with Gasteiger partial charge in [-0.05, 0) is 42.2 Å². The minimum atomic E-state index is -0.275. The van der Waals surface area contributed by atoms with Gasteiger partial charge < -0.3 is 10.4 Å². The molecule has 2 nitrogen and oxygen atoms in total. The fourth-order valence-corrected chi connectivity index (χ4v) is 4.77. The second kappa shape index (κ2) is 7.08. The second-order valence-electron chi connectivity index (χ2n) is 7.55. The third-order valence-corrected chi connectivity index (χ3v) is 6.44. The van der Waals surface area contributed by atoms with Crippen molar-refractivity contribution in [3.63, 3.8) is 0 Å². The van der Waals surface area contributed by atoms with Crippen LogP contribution in [0.15, 0.2) is 18.2 Å². The summed E-state index contributed by atoms with van der Waals surface area (Å²) in [5.74, 6) is 0.217. The van der Waals surface area contributed by atoms with E-state index in [0.29, 0.717) is 12.0 Å². The van der Waals surface area contributed by atoms with Gasteiger partial charge in [0.05, 0.1) is 5.02 Å². The molecule has 3 atom stereocenters. The average molecular weight is 340 g/mol. The van der Waals surface area contributed by atoms with Crippen molar-refractivity contribution in [3.8, 4) is 0 Å². The average Bonchev–Trinajstić information content (AvgIpc) is 2.92. The van der Waals surface area contributed by atoms with E-state index in [9.17, 15) is 9.50 Å². The van der Waals surface area contributed by atoms with E-state index in [1.807, 2.05) is 12.1 Å². The van der Waals surface area contributed by atoms with E-state index in [4.69, 9.17) is 11.6 Å². The summed E-state index contributed by atoms with van der Waals surface area (Å²) < 4.78 is 14.4. The van der Waals surface area contributed by atoms with Crippen LogP contribution >= 0.6 is 11.6 Å². The predicted octanol–water partition coefficient (Wildman–Crippen LogP) is 4.50. The first-order chi connectivity index (χ1) is 11.1. The van der Waals surface area contributed by atoms with Crippen molar-refractivity contribution in [1.29, 1.82) is 0 Å². The zero-order chi connectivity index (χ0) is 16.4. The Morgan fingerprint density at radius 3 is 2.74 bits per heavy atom. The van der Waals surface area contributed by atoms with Gasteiger partial charge in [-0.2, -0.15) is 0 Å². The Morgan fingerprint density at radius 1 is 1.30 bits per heavy atom. The molecule has 2 fully saturated rings. The summed E-state index contributed by atoms with van der Waals surface area (Å²) in [7, 11) is 0. The number of aliphatic hydroxyl groups excluding tert-OH is 1. The lowest BCUT2D eigenvalue weighted by atomic mass is 9.69. The molecule has 0 spiro atoms. The summed E-state index contributed by atoms with van der Waals surface area (Å²) in [6.45, 7) is 3.25. The fourth-order valence-electron chi connectivity index (χ4n) is 4.58. The number of nitrogens with one attached hydrogen (secondary N) is 1. The highest BCUT2D eigenvalue weighted by atomic mass is 35.5. The van der Waals surface area contributed by atoms with Gasteiger partial charge in [-0.25, -0.2) is 4.39 Å². The van der Waals surface area contributed by atoms with Crippen molar-refractivity contribution in [2.75, 3.05) is 13.2 Å². The number of hydrogen-bond donors (Lipinski definition) is 2. The second-order valence-corrected chi connectivity index (χ2v) is 7.95. The first-order valence-corrected chi connectivity index (χ1v) is 9.22. The molecule has 0 bridgehead atoms. The minimum absolute atomic E-state index is 0.0615. The molecule has 1 aliphatic heterocycles. The van der Waals surface area contributed by atoms with E-state index in [-0.39, 0.29) is 28.8 Å². The fraction of sp³-hybridized carbons (Fsp3) is 0.684. The van der Waals surface area contributed by atoms with Gasteiger partial charge in [0.2, 0.25) is 0 Å². The number of hydrogen-bond acceptors (Lipinski definition) is 2. The van der Waals surface area contributed by atoms with Crippen LogP contribution in [-0.2, 0) is 0 Å². The van der Waals surface area contributed by atoms with Gasteiger partial charge in [0.25, 0.3) is 0 Å². The zero-order valence-corrected chi connectivity index (χ0v) is 14.6. The van der Waals surface area contributed by atoms with Crippen LogP contribution in [0.5, 0.6) is 0 Å². The Balaban J connectivity index is 1.73. The summed E-state index contributed by atoms with van der Waals surface area (Å²) in [5, 5.41) is 13.7. The summed E-state index contributed by atoms with van der Waals surface area (Å²) in [6, 6.07) is 5.63. The van der Waals surface area contributed by atoms with E-state index < -0.39 is 0 Å². The Morgan fingerprint density at radius 2 is 2.04 bits per heavy atom. The van der Waals surface area contributed by atoms with Gasteiger partial charge in [0, 0.05) is 25.1 Å². The number of benzene rings is 1. The largest absolute Gasteiger partial charge is 0.396 e. The monoisotopic (exact) mass is 339 g/mol. The number of rotatable bonds is 4. The summed E-state index contributed by atoms with van der Waals surface area (Å²) in [6.07, 6.45) is 6.94. The van der Waals surface area contributed by atoms with Crippen LogP contribution < -0.4 is 5.32 Å². The Labute approximate surface area is 143 Å². The molecule has 1 saturated heterocycles.